The van der Waals surface area contributed by atoms with E-state index in [1.807, 2.05) is 50.2 Å². The Morgan fingerprint density at radius 3 is 1.88 bits per heavy atom. The van der Waals surface area contributed by atoms with Crippen molar-refractivity contribution >= 4 is 11.8 Å². The first-order valence-corrected chi connectivity index (χ1v) is 8.47. The molecule has 0 N–H and O–H groups in total. The van der Waals surface area contributed by atoms with Gasteiger partial charge in [0.25, 0.3) is 0 Å². The summed E-state index contributed by atoms with van der Waals surface area (Å²) in [5.41, 5.74) is 4.32. The number of rotatable bonds is 5. The standard InChI is InChI=1S/C23H20O3/c1-16-7-11-18(12-8-16)15-26-23(25)21-6-4-3-5-20(21)22(24)19-13-9-17(2)10-14-19/h3-14H,15H2,1-2H3. The molecule has 0 aliphatic carbocycles. The summed E-state index contributed by atoms with van der Waals surface area (Å²) in [5, 5.41) is 0. The van der Waals surface area contributed by atoms with E-state index in [0.717, 1.165) is 16.7 Å². The van der Waals surface area contributed by atoms with E-state index in [1.165, 1.54) is 0 Å². The number of ketones is 1. The van der Waals surface area contributed by atoms with Crippen molar-refractivity contribution in [2.45, 2.75) is 20.5 Å². The smallest absolute Gasteiger partial charge is 0.339 e. The Kier molecular flexibility index (Phi) is 5.28. The van der Waals surface area contributed by atoms with Gasteiger partial charge in [0.15, 0.2) is 5.78 Å². The average Bonchev–Trinajstić information content (AvgIpc) is 2.67. The Bertz CT molecular complexity index is 922. The number of hydrogen-bond acceptors (Lipinski definition) is 3. The summed E-state index contributed by atoms with van der Waals surface area (Å²) in [6, 6.07) is 21.8. The van der Waals surface area contributed by atoms with Crippen LogP contribution in [0.2, 0.25) is 0 Å². The van der Waals surface area contributed by atoms with Crippen molar-refractivity contribution in [2.75, 3.05) is 0 Å². The molecule has 0 heterocycles. The summed E-state index contributed by atoms with van der Waals surface area (Å²) in [6.45, 7) is 4.14. The summed E-state index contributed by atoms with van der Waals surface area (Å²) >= 11 is 0. The van der Waals surface area contributed by atoms with Crippen LogP contribution in [0.25, 0.3) is 0 Å². The second-order valence-electron chi connectivity index (χ2n) is 6.30. The summed E-state index contributed by atoms with van der Waals surface area (Å²) in [6.07, 6.45) is 0. The van der Waals surface area contributed by atoms with Crippen LogP contribution in [0.1, 0.15) is 43.0 Å². The van der Waals surface area contributed by atoms with Gasteiger partial charge >= 0.3 is 5.97 Å². The number of aryl methyl sites for hydroxylation is 2. The number of hydrogen-bond donors (Lipinski definition) is 0. The van der Waals surface area contributed by atoms with Crippen molar-refractivity contribution in [1.82, 2.24) is 0 Å². The van der Waals surface area contributed by atoms with Gasteiger partial charge in [-0.05, 0) is 25.5 Å². The van der Waals surface area contributed by atoms with Gasteiger partial charge in [-0.3, -0.25) is 4.79 Å². The molecule has 0 aliphatic rings. The van der Waals surface area contributed by atoms with Crippen LogP contribution in [-0.4, -0.2) is 11.8 Å². The third-order valence-electron chi connectivity index (χ3n) is 4.20. The third-order valence-corrected chi connectivity index (χ3v) is 4.20. The zero-order valence-electron chi connectivity index (χ0n) is 14.9. The van der Waals surface area contributed by atoms with Gasteiger partial charge in [0.2, 0.25) is 0 Å². The summed E-state index contributed by atoms with van der Waals surface area (Å²) in [7, 11) is 0. The first-order valence-electron chi connectivity index (χ1n) is 8.47. The number of carbonyl (C=O) groups excluding carboxylic acids is 2. The number of carbonyl (C=O) groups is 2. The van der Waals surface area contributed by atoms with Gasteiger partial charge in [-0.2, -0.15) is 0 Å². The van der Waals surface area contributed by atoms with Crippen molar-refractivity contribution in [1.29, 1.82) is 0 Å². The van der Waals surface area contributed by atoms with E-state index in [1.54, 1.807) is 36.4 Å². The van der Waals surface area contributed by atoms with E-state index in [2.05, 4.69) is 0 Å². The van der Waals surface area contributed by atoms with Crippen molar-refractivity contribution in [3.05, 3.63) is 106 Å². The highest BCUT2D eigenvalue weighted by Crippen LogP contribution is 2.17. The molecule has 0 saturated carbocycles. The van der Waals surface area contributed by atoms with E-state index in [-0.39, 0.29) is 18.0 Å². The Labute approximate surface area is 153 Å². The van der Waals surface area contributed by atoms with E-state index in [4.69, 9.17) is 4.74 Å². The SMILES string of the molecule is Cc1ccc(COC(=O)c2ccccc2C(=O)c2ccc(C)cc2)cc1. The van der Waals surface area contributed by atoms with Gasteiger partial charge in [0.1, 0.15) is 6.61 Å². The quantitative estimate of drug-likeness (QED) is 0.489. The van der Waals surface area contributed by atoms with Crippen LogP contribution < -0.4 is 0 Å². The van der Waals surface area contributed by atoms with Gasteiger partial charge in [0.05, 0.1) is 5.56 Å². The molecular formula is C23H20O3. The zero-order valence-corrected chi connectivity index (χ0v) is 14.9. The first kappa shape index (κ1) is 17.6. The highest BCUT2D eigenvalue weighted by molar-refractivity contribution is 6.14. The topological polar surface area (TPSA) is 43.4 Å². The van der Waals surface area contributed by atoms with Gasteiger partial charge < -0.3 is 4.74 Å². The lowest BCUT2D eigenvalue weighted by atomic mass is 9.98. The summed E-state index contributed by atoms with van der Waals surface area (Å²) in [4.78, 5) is 25.3. The van der Waals surface area contributed by atoms with Crippen molar-refractivity contribution in [3.8, 4) is 0 Å². The molecule has 0 aromatic heterocycles. The molecule has 3 rings (SSSR count). The second kappa shape index (κ2) is 7.79. The Hall–Kier alpha value is -3.20. The van der Waals surface area contributed by atoms with Crippen molar-refractivity contribution in [2.24, 2.45) is 0 Å². The molecule has 0 saturated heterocycles. The minimum absolute atomic E-state index is 0.173. The maximum atomic E-state index is 12.8. The maximum Gasteiger partial charge on any atom is 0.339 e. The summed E-state index contributed by atoms with van der Waals surface area (Å²) < 4.78 is 5.41. The van der Waals surface area contributed by atoms with Crippen LogP contribution in [-0.2, 0) is 11.3 Å². The average molecular weight is 344 g/mol. The fourth-order valence-electron chi connectivity index (χ4n) is 2.63. The number of benzene rings is 3. The molecule has 0 bridgehead atoms. The molecule has 0 spiro atoms. The van der Waals surface area contributed by atoms with Crippen LogP contribution >= 0.6 is 0 Å². The third kappa shape index (κ3) is 4.06. The Morgan fingerprint density at radius 2 is 1.27 bits per heavy atom. The molecule has 3 aromatic carbocycles. The monoisotopic (exact) mass is 344 g/mol. The van der Waals surface area contributed by atoms with Crippen LogP contribution in [0, 0.1) is 13.8 Å². The molecule has 0 fully saturated rings. The van der Waals surface area contributed by atoms with Gasteiger partial charge in [0, 0.05) is 11.1 Å². The predicted molar refractivity (Wildman–Crippen MR) is 101 cm³/mol. The fraction of sp³-hybridized carbons (Fsp3) is 0.130. The first-order chi connectivity index (χ1) is 12.5. The molecule has 26 heavy (non-hydrogen) atoms. The molecule has 3 heteroatoms. The van der Waals surface area contributed by atoms with Gasteiger partial charge in [-0.1, -0.05) is 77.9 Å². The molecule has 0 amide bonds. The number of esters is 1. The minimum atomic E-state index is -0.498. The van der Waals surface area contributed by atoms with Crippen LogP contribution in [0.4, 0.5) is 0 Å². The lowest BCUT2D eigenvalue weighted by molar-refractivity contribution is 0.0470. The molecule has 0 radical (unpaired) electrons. The molecule has 3 aromatic rings. The highest BCUT2D eigenvalue weighted by atomic mass is 16.5. The molecule has 130 valence electrons. The Morgan fingerprint density at radius 1 is 0.731 bits per heavy atom. The second-order valence-corrected chi connectivity index (χ2v) is 6.30. The fourth-order valence-corrected chi connectivity index (χ4v) is 2.63. The molecule has 0 unspecified atom stereocenters. The van der Waals surface area contributed by atoms with Gasteiger partial charge in [-0.15, -0.1) is 0 Å². The lowest BCUT2D eigenvalue weighted by Crippen LogP contribution is -2.12. The predicted octanol–water partition coefficient (Wildman–Crippen LogP) is 4.89. The summed E-state index contributed by atoms with van der Waals surface area (Å²) in [5.74, 6) is -0.686. The van der Waals surface area contributed by atoms with E-state index in [9.17, 15) is 9.59 Å². The maximum absolute atomic E-state index is 12.8. The largest absolute Gasteiger partial charge is 0.457 e. The highest BCUT2D eigenvalue weighted by Gasteiger charge is 2.19. The van der Waals surface area contributed by atoms with Gasteiger partial charge in [-0.25, -0.2) is 4.79 Å². The van der Waals surface area contributed by atoms with E-state index < -0.39 is 5.97 Å². The van der Waals surface area contributed by atoms with Crippen LogP contribution in [0.5, 0.6) is 0 Å². The minimum Gasteiger partial charge on any atom is -0.457 e. The van der Waals surface area contributed by atoms with E-state index >= 15 is 0 Å². The number of ether oxygens (including phenoxy) is 1. The normalized spacial score (nSPS) is 10.4. The van der Waals surface area contributed by atoms with Crippen molar-refractivity contribution in [3.63, 3.8) is 0 Å². The van der Waals surface area contributed by atoms with E-state index in [0.29, 0.717) is 11.1 Å². The molecular weight excluding hydrogens is 324 g/mol. The Balaban J connectivity index is 1.79. The van der Waals surface area contributed by atoms with Crippen LogP contribution in [0.15, 0.2) is 72.8 Å². The lowest BCUT2D eigenvalue weighted by Gasteiger charge is -2.10. The molecule has 0 atom stereocenters. The molecule has 3 nitrogen and oxygen atoms in total. The zero-order chi connectivity index (χ0) is 18.5. The van der Waals surface area contributed by atoms with Crippen LogP contribution in [0.3, 0.4) is 0 Å². The van der Waals surface area contributed by atoms with Crippen molar-refractivity contribution < 1.29 is 14.3 Å². The molecule has 0 aliphatic heterocycles.